The van der Waals surface area contributed by atoms with Crippen LogP contribution in [-0.4, -0.2) is 17.4 Å². The van der Waals surface area contributed by atoms with Crippen LogP contribution in [0.5, 0.6) is 0 Å². The molecule has 21 heavy (non-hydrogen) atoms. The molecule has 0 aliphatic heterocycles. The van der Waals surface area contributed by atoms with Gasteiger partial charge in [0.1, 0.15) is 6.54 Å². The van der Waals surface area contributed by atoms with E-state index in [1.54, 1.807) is 12.1 Å². The van der Waals surface area contributed by atoms with Crippen LogP contribution in [0.25, 0.3) is 0 Å². The van der Waals surface area contributed by atoms with E-state index in [1.165, 1.54) is 11.0 Å². The summed E-state index contributed by atoms with van der Waals surface area (Å²) in [5.41, 5.74) is 7.41. The van der Waals surface area contributed by atoms with Crippen LogP contribution in [0.2, 0.25) is 5.02 Å². The molecule has 0 fully saturated rings. The van der Waals surface area contributed by atoms with E-state index in [1.807, 2.05) is 36.4 Å². The van der Waals surface area contributed by atoms with Gasteiger partial charge in [-0.2, -0.15) is 5.26 Å². The van der Waals surface area contributed by atoms with E-state index < -0.39 is 0 Å². The van der Waals surface area contributed by atoms with Crippen LogP contribution >= 0.6 is 11.6 Å². The van der Waals surface area contributed by atoms with Gasteiger partial charge in [-0.3, -0.25) is 4.79 Å². The number of nitrogen functional groups attached to an aromatic ring is 1. The van der Waals surface area contributed by atoms with Crippen LogP contribution in [0.15, 0.2) is 48.5 Å². The standard InChI is InChI=1S/C16H14ClN3O/c17-15-10-13(19)6-7-14(15)16(21)20(9-8-18)11-12-4-2-1-3-5-12/h1-7,10H,9,11,19H2. The molecular weight excluding hydrogens is 286 g/mol. The molecule has 0 aromatic heterocycles. The number of nitrogens with two attached hydrogens (primary N) is 1. The Kier molecular flexibility index (Phi) is 4.81. The fourth-order valence-electron chi connectivity index (χ4n) is 1.96. The maximum absolute atomic E-state index is 12.5. The quantitative estimate of drug-likeness (QED) is 0.696. The summed E-state index contributed by atoms with van der Waals surface area (Å²) < 4.78 is 0. The summed E-state index contributed by atoms with van der Waals surface area (Å²) in [4.78, 5) is 14.0. The number of carbonyl (C=O) groups is 1. The van der Waals surface area contributed by atoms with Crippen LogP contribution in [-0.2, 0) is 6.54 Å². The first-order valence-corrected chi connectivity index (χ1v) is 6.75. The second kappa shape index (κ2) is 6.78. The molecule has 2 aromatic carbocycles. The Balaban J connectivity index is 2.25. The molecule has 2 N–H and O–H groups in total. The maximum atomic E-state index is 12.5. The second-order valence-corrected chi connectivity index (χ2v) is 4.95. The Bertz CT molecular complexity index is 680. The van der Waals surface area contributed by atoms with Crippen molar-refractivity contribution in [1.29, 1.82) is 5.26 Å². The van der Waals surface area contributed by atoms with Gasteiger partial charge in [-0.15, -0.1) is 0 Å². The molecule has 0 unspecified atom stereocenters. The molecule has 0 spiro atoms. The van der Waals surface area contributed by atoms with Gasteiger partial charge in [0.15, 0.2) is 0 Å². The lowest BCUT2D eigenvalue weighted by Crippen LogP contribution is -2.31. The van der Waals surface area contributed by atoms with E-state index >= 15 is 0 Å². The van der Waals surface area contributed by atoms with E-state index in [-0.39, 0.29) is 17.5 Å². The van der Waals surface area contributed by atoms with Crippen LogP contribution in [0, 0.1) is 11.3 Å². The van der Waals surface area contributed by atoms with Crippen LogP contribution < -0.4 is 5.73 Å². The topological polar surface area (TPSA) is 70.1 Å². The SMILES string of the molecule is N#CCN(Cc1ccccc1)C(=O)c1ccc(N)cc1Cl. The number of rotatable bonds is 4. The second-order valence-electron chi connectivity index (χ2n) is 4.54. The fraction of sp³-hybridized carbons (Fsp3) is 0.125. The first-order chi connectivity index (χ1) is 10.1. The van der Waals surface area contributed by atoms with E-state index in [0.717, 1.165) is 5.56 Å². The molecule has 2 aromatic rings. The van der Waals surface area contributed by atoms with E-state index in [9.17, 15) is 4.79 Å². The smallest absolute Gasteiger partial charge is 0.256 e. The zero-order valence-corrected chi connectivity index (χ0v) is 12.0. The minimum Gasteiger partial charge on any atom is -0.399 e. The summed E-state index contributed by atoms with van der Waals surface area (Å²) in [5, 5.41) is 9.21. The third-order valence-electron chi connectivity index (χ3n) is 2.99. The molecule has 1 amide bonds. The van der Waals surface area contributed by atoms with E-state index in [0.29, 0.717) is 17.8 Å². The average Bonchev–Trinajstić information content (AvgIpc) is 2.47. The van der Waals surface area contributed by atoms with Crippen LogP contribution in [0.4, 0.5) is 5.69 Å². The molecule has 2 rings (SSSR count). The third kappa shape index (κ3) is 3.74. The minimum atomic E-state index is -0.287. The average molecular weight is 300 g/mol. The largest absolute Gasteiger partial charge is 0.399 e. The molecule has 106 valence electrons. The van der Waals surface area contributed by atoms with Gasteiger partial charge in [0.2, 0.25) is 0 Å². The molecule has 0 bridgehead atoms. The minimum absolute atomic E-state index is 0.00552. The lowest BCUT2D eigenvalue weighted by molar-refractivity contribution is 0.0765. The summed E-state index contributed by atoms with van der Waals surface area (Å²) in [7, 11) is 0. The highest BCUT2D eigenvalue weighted by Gasteiger charge is 2.18. The van der Waals surface area contributed by atoms with Crippen LogP contribution in [0.1, 0.15) is 15.9 Å². The zero-order valence-electron chi connectivity index (χ0n) is 11.3. The zero-order chi connectivity index (χ0) is 15.2. The van der Waals surface area contributed by atoms with Gasteiger partial charge >= 0.3 is 0 Å². The summed E-state index contributed by atoms with van der Waals surface area (Å²) in [6.45, 7) is 0.350. The van der Waals surface area contributed by atoms with Crippen molar-refractivity contribution in [1.82, 2.24) is 4.90 Å². The molecule has 4 nitrogen and oxygen atoms in total. The molecule has 0 heterocycles. The first-order valence-electron chi connectivity index (χ1n) is 6.37. The van der Waals surface area contributed by atoms with Gasteiger partial charge in [-0.1, -0.05) is 41.9 Å². The summed E-state index contributed by atoms with van der Waals surface area (Å²) >= 11 is 6.06. The van der Waals surface area contributed by atoms with Crippen molar-refractivity contribution >= 4 is 23.2 Å². The van der Waals surface area contributed by atoms with Gasteiger partial charge < -0.3 is 10.6 Å². The predicted molar refractivity (Wildman–Crippen MR) is 82.7 cm³/mol. The number of anilines is 1. The van der Waals surface area contributed by atoms with Gasteiger partial charge in [0, 0.05) is 12.2 Å². The predicted octanol–water partition coefficient (Wildman–Crippen LogP) is 3.09. The molecule has 0 radical (unpaired) electrons. The van der Waals surface area contributed by atoms with Crippen molar-refractivity contribution in [2.45, 2.75) is 6.54 Å². The fourth-order valence-corrected chi connectivity index (χ4v) is 2.23. The van der Waals surface area contributed by atoms with Crippen molar-refractivity contribution in [3.63, 3.8) is 0 Å². The molecule has 5 heteroatoms. The number of benzene rings is 2. The van der Waals surface area contributed by atoms with Crippen molar-refractivity contribution in [3.8, 4) is 6.07 Å². The Morgan fingerprint density at radius 2 is 1.95 bits per heavy atom. The summed E-state index contributed by atoms with van der Waals surface area (Å²) in [6, 6.07) is 16.2. The van der Waals surface area contributed by atoms with Crippen molar-refractivity contribution in [2.24, 2.45) is 0 Å². The van der Waals surface area contributed by atoms with Gasteiger partial charge in [-0.25, -0.2) is 0 Å². The number of nitriles is 1. The molecule has 0 saturated heterocycles. The Morgan fingerprint density at radius 3 is 2.57 bits per heavy atom. The Morgan fingerprint density at radius 1 is 1.24 bits per heavy atom. The van der Waals surface area contributed by atoms with Gasteiger partial charge in [-0.05, 0) is 23.8 Å². The van der Waals surface area contributed by atoms with E-state index in [4.69, 9.17) is 22.6 Å². The first kappa shape index (κ1) is 14.9. The van der Waals surface area contributed by atoms with E-state index in [2.05, 4.69) is 0 Å². The number of hydrogen-bond donors (Lipinski definition) is 1. The Hall–Kier alpha value is -2.51. The number of halogens is 1. The van der Waals surface area contributed by atoms with Crippen molar-refractivity contribution in [3.05, 3.63) is 64.7 Å². The normalized spacial score (nSPS) is 9.90. The lowest BCUT2D eigenvalue weighted by atomic mass is 10.1. The highest BCUT2D eigenvalue weighted by Crippen LogP contribution is 2.21. The number of hydrogen-bond acceptors (Lipinski definition) is 3. The Labute approximate surface area is 128 Å². The highest BCUT2D eigenvalue weighted by atomic mass is 35.5. The van der Waals surface area contributed by atoms with Gasteiger partial charge in [0.05, 0.1) is 16.7 Å². The molecule has 0 saturated carbocycles. The van der Waals surface area contributed by atoms with Crippen molar-refractivity contribution < 1.29 is 4.79 Å². The molecule has 0 atom stereocenters. The maximum Gasteiger partial charge on any atom is 0.256 e. The number of amides is 1. The summed E-state index contributed by atoms with van der Waals surface area (Å²) in [6.07, 6.45) is 0. The molecular formula is C16H14ClN3O. The lowest BCUT2D eigenvalue weighted by Gasteiger charge is -2.20. The van der Waals surface area contributed by atoms with Gasteiger partial charge in [0.25, 0.3) is 5.91 Å². The molecule has 0 aliphatic rings. The van der Waals surface area contributed by atoms with Crippen LogP contribution in [0.3, 0.4) is 0 Å². The monoisotopic (exact) mass is 299 g/mol. The third-order valence-corrected chi connectivity index (χ3v) is 3.30. The number of nitrogens with zero attached hydrogens (tertiary/aromatic N) is 2. The van der Waals surface area contributed by atoms with Crippen molar-refractivity contribution in [2.75, 3.05) is 12.3 Å². The number of carbonyl (C=O) groups excluding carboxylic acids is 1. The summed E-state index contributed by atoms with van der Waals surface area (Å²) in [5.74, 6) is -0.287. The highest BCUT2D eigenvalue weighted by molar-refractivity contribution is 6.34. The molecule has 0 aliphatic carbocycles.